The van der Waals surface area contributed by atoms with Gasteiger partial charge in [-0.25, -0.2) is 0 Å². The van der Waals surface area contributed by atoms with Gasteiger partial charge in [0.05, 0.1) is 0 Å². The minimum atomic E-state index is 0.0588. The summed E-state index contributed by atoms with van der Waals surface area (Å²) < 4.78 is 0. The fourth-order valence-corrected chi connectivity index (χ4v) is 2.78. The van der Waals surface area contributed by atoms with Crippen molar-refractivity contribution in [1.82, 2.24) is 4.90 Å². The predicted octanol–water partition coefficient (Wildman–Crippen LogP) is 3.17. The van der Waals surface area contributed by atoms with Gasteiger partial charge in [0, 0.05) is 5.54 Å². The van der Waals surface area contributed by atoms with Crippen molar-refractivity contribution in [3.8, 4) is 0 Å². The molecule has 2 rings (SSSR count). The number of nitrogens with zero attached hydrogens (tertiary/aromatic N) is 1. The molecule has 0 radical (unpaired) electrons. The van der Waals surface area contributed by atoms with E-state index in [2.05, 4.69) is 50.1 Å². The van der Waals surface area contributed by atoms with Gasteiger partial charge < -0.3 is 10.6 Å². The molecule has 1 saturated heterocycles. The van der Waals surface area contributed by atoms with Crippen LogP contribution in [-0.2, 0) is 6.42 Å². The molecule has 1 heterocycles. The topological polar surface area (TPSA) is 29.3 Å². The van der Waals surface area contributed by atoms with E-state index in [1.807, 2.05) is 0 Å². The van der Waals surface area contributed by atoms with E-state index < -0.39 is 0 Å². The molecule has 1 aliphatic heterocycles. The number of benzene rings is 1. The lowest BCUT2D eigenvalue weighted by Gasteiger charge is -2.37. The molecule has 0 bridgehead atoms. The Morgan fingerprint density at radius 1 is 1.16 bits per heavy atom. The first-order valence-corrected chi connectivity index (χ1v) is 7.55. The highest BCUT2D eigenvalue weighted by molar-refractivity contribution is 5.25. The lowest BCUT2D eigenvalue weighted by molar-refractivity contribution is 0.182. The molecular weight excluding hydrogens is 232 g/mol. The van der Waals surface area contributed by atoms with Gasteiger partial charge in [0.1, 0.15) is 0 Å². The van der Waals surface area contributed by atoms with Crippen LogP contribution in [-0.4, -0.2) is 30.6 Å². The maximum atomic E-state index is 6.52. The molecule has 19 heavy (non-hydrogen) atoms. The van der Waals surface area contributed by atoms with Crippen molar-refractivity contribution in [3.05, 3.63) is 35.4 Å². The second-order valence-electron chi connectivity index (χ2n) is 6.56. The van der Waals surface area contributed by atoms with E-state index in [4.69, 9.17) is 5.73 Å². The molecule has 1 aromatic carbocycles. The third-order valence-electron chi connectivity index (χ3n) is 4.54. The van der Waals surface area contributed by atoms with Gasteiger partial charge in [-0.05, 0) is 62.9 Å². The second kappa shape index (κ2) is 6.06. The van der Waals surface area contributed by atoms with E-state index >= 15 is 0 Å². The summed E-state index contributed by atoms with van der Waals surface area (Å²) in [6, 6.07) is 9.07. The second-order valence-corrected chi connectivity index (χ2v) is 6.56. The molecule has 0 amide bonds. The summed E-state index contributed by atoms with van der Waals surface area (Å²) in [5.74, 6) is 0.615. The Balaban J connectivity index is 1.88. The van der Waals surface area contributed by atoms with E-state index in [1.165, 1.54) is 11.1 Å². The van der Waals surface area contributed by atoms with Crippen LogP contribution in [0.2, 0.25) is 0 Å². The highest BCUT2D eigenvalue weighted by atomic mass is 15.1. The van der Waals surface area contributed by atoms with E-state index in [-0.39, 0.29) is 5.54 Å². The van der Waals surface area contributed by atoms with Crippen LogP contribution in [0.25, 0.3) is 0 Å². The largest absolute Gasteiger partial charge is 0.325 e. The molecule has 2 N–H and O–H groups in total. The van der Waals surface area contributed by atoms with Crippen molar-refractivity contribution in [3.63, 3.8) is 0 Å². The smallest absolute Gasteiger partial charge is 0.0181 e. The van der Waals surface area contributed by atoms with E-state index in [0.717, 1.165) is 38.8 Å². The van der Waals surface area contributed by atoms with Crippen LogP contribution < -0.4 is 5.73 Å². The van der Waals surface area contributed by atoms with Crippen molar-refractivity contribution < 1.29 is 0 Å². The summed E-state index contributed by atoms with van der Waals surface area (Å²) in [6.07, 6.45) is 4.49. The minimum absolute atomic E-state index is 0.0588. The number of piperidine rings is 1. The normalized spacial score (nSPS) is 19.8. The Morgan fingerprint density at radius 3 is 2.26 bits per heavy atom. The lowest BCUT2D eigenvalue weighted by atomic mass is 9.83. The van der Waals surface area contributed by atoms with E-state index in [1.54, 1.807) is 0 Å². The zero-order valence-corrected chi connectivity index (χ0v) is 12.7. The highest BCUT2D eigenvalue weighted by Gasteiger charge is 2.28. The number of likely N-dealkylation sites (tertiary alicyclic amines) is 1. The van der Waals surface area contributed by atoms with E-state index in [0.29, 0.717) is 5.92 Å². The van der Waals surface area contributed by atoms with Crippen LogP contribution in [0, 0.1) is 0 Å². The zero-order chi connectivity index (χ0) is 13.9. The fourth-order valence-electron chi connectivity index (χ4n) is 2.78. The molecule has 2 heteroatoms. The first-order chi connectivity index (χ1) is 8.98. The Kier molecular flexibility index (Phi) is 4.64. The maximum absolute atomic E-state index is 6.52. The number of hydrogen-bond donors (Lipinski definition) is 1. The molecule has 0 unspecified atom stereocenters. The van der Waals surface area contributed by atoms with Crippen LogP contribution in [0.5, 0.6) is 0 Å². The summed E-state index contributed by atoms with van der Waals surface area (Å²) >= 11 is 0. The van der Waals surface area contributed by atoms with Gasteiger partial charge in [0.15, 0.2) is 0 Å². The number of nitrogens with two attached hydrogens (primary N) is 1. The molecule has 0 aliphatic carbocycles. The predicted molar refractivity (Wildman–Crippen MR) is 82.5 cm³/mol. The molecule has 1 aromatic rings. The Bertz CT molecular complexity index is 386. The van der Waals surface area contributed by atoms with Crippen molar-refractivity contribution in [2.45, 2.75) is 51.0 Å². The third-order valence-corrected chi connectivity index (χ3v) is 4.54. The SMILES string of the molecule is CC(C)c1ccc(CCC2(N)CCN(C)CC2)cc1. The molecule has 0 atom stereocenters. The monoisotopic (exact) mass is 260 g/mol. The van der Waals surface area contributed by atoms with Crippen molar-refractivity contribution in [2.75, 3.05) is 20.1 Å². The third kappa shape index (κ3) is 4.05. The van der Waals surface area contributed by atoms with Gasteiger partial charge in [0.2, 0.25) is 0 Å². The summed E-state index contributed by atoms with van der Waals surface area (Å²) in [5, 5.41) is 0. The molecule has 0 saturated carbocycles. The summed E-state index contributed by atoms with van der Waals surface area (Å²) in [7, 11) is 2.18. The van der Waals surface area contributed by atoms with E-state index in [9.17, 15) is 0 Å². The van der Waals surface area contributed by atoms with Gasteiger partial charge >= 0.3 is 0 Å². The highest BCUT2D eigenvalue weighted by Crippen LogP contribution is 2.24. The minimum Gasteiger partial charge on any atom is -0.325 e. The van der Waals surface area contributed by atoms with Gasteiger partial charge in [-0.1, -0.05) is 38.1 Å². The summed E-state index contributed by atoms with van der Waals surface area (Å²) in [4.78, 5) is 2.38. The first-order valence-electron chi connectivity index (χ1n) is 7.55. The van der Waals surface area contributed by atoms with Gasteiger partial charge in [-0.15, -0.1) is 0 Å². The van der Waals surface area contributed by atoms with Crippen LogP contribution in [0.15, 0.2) is 24.3 Å². The molecule has 0 spiro atoms. The van der Waals surface area contributed by atoms with Crippen molar-refractivity contribution in [1.29, 1.82) is 0 Å². The Labute approximate surface area is 118 Å². The van der Waals surface area contributed by atoms with Crippen LogP contribution in [0.4, 0.5) is 0 Å². The van der Waals surface area contributed by atoms with Crippen LogP contribution >= 0.6 is 0 Å². The molecule has 1 aliphatic rings. The maximum Gasteiger partial charge on any atom is 0.0181 e. The van der Waals surface area contributed by atoms with Crippen molar-refractivity contribution in [2.24, 2.45) is 5.73 Å². The average molecular weight is 260 g/mol. The number of rotatable bonds is 4. The number of hydrogen-bond acceptors (Lipinski definition) is 2. The lowest BCUT2D eigenvalue weighted by Crippen LogP contribution is -2.49. The molecule has 106 valence electrons. The molecule has 2 nitrogen and oxygen atoms in total. The molecule has 0 aromatic heterocycles. The summed E-state index contributed by atoms with van der Waals surface area (Å²) in [5.41, 5.74) is 9.43. The molecule has 1 fully saturated rings. The summed E-state index contributed by atoms with van der Waals surface area (Å²) in [6.45, 7) is 6.76. The Morgan fingerprint density at radius 2 is 1.74 bits per heavy atom. The first kappa shape index (κ1) is 14.5. The fraction of sp³-hybridized carbons (Fsp3) is 0.647. The average Bonchev–Trinajstić information content (AvgIpc) is 2.41. The zero-order valence-electron chi connectivity index (χ0n) is 12.7. The van der Waals surface area contributed by atoms with Gasteiger partial charge in [-0.3, -0.25) is 0 Å². The van der Waals surface area contributed by atoms with Crippen LogP contribution in [0.1, 0.15) is 50.2 Å². The van der Waals surface area contributed by atoms with Crippen LogP contribution in [0.3, 0.4) is 0 Å². The Hall–Kier alpha value is -0.860. The van der Waals surface area contributed by atoms with Gasteiger partial charge in [-0.2, -0.15) is 0 Å². The number of aryl methyl sites for hydroxylation is 1. The molecular formula is C17H28N2. The van der Waals surface area contributed by atoms with Gasteiger partial charge in [0.25, 0.3) is 0 Å². The quantitative estimate of drug-likeness (QED) is 0.901. The standard InChI is InChI=1S/C17H28N2/c1-14(2)16-6-4-15(5-7-16)8-9-17(18)10-12-19(3)13-11-17/h4-7,14H,8-13,18H2,1-3H3. The van der Waals surface area contributed by atoms with Crippen molar-refractivity contribution >= 4 is 0 Å².